The predicted octanol–water partition coefficient (Wildman–Crippen LogP) is 2.81. The van der Waals surface area contributed by atoms with Crippen LogP contribution in [0.1, 0.15) is 61.0 Å². The van der Waals surface area contributed by atoms with Gasteiger partial charge in [-0.2, -0.15) is 5.10 Å². The van der Waals surface area contributed by atoms with Crippen LogP contribution in [0.25, 0.3) is 5.82 Å². The fraction of sp³-hybridized carbons (Fsp3) is 0.545. The Morgan fingerprint density at radius 2 is 1.73 bits per heavy atom. The number of amides is 3. The van der Waals surface area contributed by atoms with E-state index in [1.807, 2.05) is 30.0 Å². The zero-order chi connectivity index (χ0) is 20.9. The molecule has 0 radical (unpaired) electrons. The fourth-order valence-electron chi connectivity index (χ4n) is 4.35. The van der Waals surface area contributed by atoms with E-state index in [9.17, 15) is 9.59 Å². The number of nitrogens with zero attached hydrogens (tertiary/aromatic N) is 4. The van der Waals surface area contributed by atoms with Crippen LogP contribution in [0, 0.1) is 6.92 Å². The Labute approximate surface area is 177 Å². The third kappa shape index (κ3) is 4.63. The molecule has 1 saturated carbocycles. The van der Waals surface area contributed by atoms with Crippen LogP contribution >= 0.6 is 0 Å². The van der Waals surface area contributed by atoms with E-state index in [0.29, 0.717) is 30.5 Å². The van der Waals surface area contributed by atoms with Crippen molar-refractivity contribution in [1.29, 1.82) is 0 Å². The lowest BCUT2D eigenvalue weighted by molar-refractivity contribution is 0.0916. The number of likely N-dealkylation sites (tertiary alicyclic amines) is 1. The molecular formula is C22H30N6O2. The van der Waals surface area contributed by atoms with Crippen LogP contribution in [-0.2, 0) is 0 Å². The molecule has 2 fully saturated rings. The molecule has 3 amide bonds. The molecule has 2 aromatic heterocycles. The number of carbonyl (C=O) groups is 2. The summed E-state index contributed by atoms with van der Waals surface area (Å²) in [4.78, 5) is 31.5. The van der Waals surface area contributed by atoms with Gasteiger partial charge in [0, 0.05) is 31.4 Å². The van der Waals surface area contributed by atoms with Gasteiger partial charge < -0.3 is 15.5 Å². The van der Waals surface area contributed by atoms with E-state index >= 15 is 0 Å². The summed E-state index contributed by atoms with van der Waals surface area (Å²) in [6.45, 7) is 3.19. The summed E-state index contributed by atoms with van der Waals surface area (Å²) in [6.07, 6.45) is 10.7. The number of pyridine rings is 1. The lowest BCUT2D eigenvalue weighted by Gasteiger charge is -2.34. The number of aromatic nitrogens is 3. The number of carbonyl (C=O) groups excluding carboxylic acids is 2. The Bertz CT molecular complexity index is 867. The minimum absolute atomic E-state index is 0.0409. The molecule has 2 aromatic rings. The maximum Gasteiger partial charge on any atom is 0.317 e. The third-order valence-corrected chi connectivity index (χ3v) is 6.17. The highest BCUT2D eigenvalue weighted by molar-refractivity contribution is 5.95. The van der Waals surface area contributed by atoms with Gasteiger partial charge in [-0.3, -0.25) is 4.79 Å². The molecule has 1 aliphatic carbocycles. The summed E-state index contributed by atoms with van der Waals surface area (Å²) in [5.74, 6) is 0.561. The Morgan fingerprint density at radius 1 is 1.00 bits per heavy atom. The van der Waals surface area contributed by atoms with Crippen LogP contribution in [0.5, 0.6) is 0 Å². The van der Waals surface area contributed by atoms with Crippen molar-refractivity contribution < 1.29 is 9.59 Å². The highest BCUT2D eigenvalue weighted by atomic mass is 16.2. The third-order valence-electron chi connectivity index (χ3n) is 6.17. The fourth-order valence-corrected chi connectivity index (χ4v) is 4.35. The monoisotopic (exact) mass is 410 g/mol. The van der Waals surface area contributed by atoms with Crippen molar-refractivity contribution in [2.45, 2.75) is 64.0 Å². The molecule has 2 N–H and O–H groups in total. The standard InChI is InChI=1S/C22H30N6O2/c1-16-19(15-24-28(16)20-9-5-6-12-23-20)21(29)25-18-10-13-27(14-11-18)22(30)26-17-7-3-2-4-8-17/h5-6,9,12,15,17-18H,2-4,7-8,10-11,13-14H2,1H3,(H,25,29)(H,26,30). The van der Waals surface area contributed by atoms with Gasteiger partial charge in [0.1, 0.15) is 0 Å². The molecule has 2 aliphatic rings. The van der Waals surface area contributed by atoms with E-state index in [-0.39, 0.29) is 18.0 Å². The molecule has 160 valence electrons. The van der Waals surface area contributed by atoms with Crippen LogP contribution in [0.3, 0.4) is 0 Å². The molecule has 0 bridgehead atoms. The SMILES string of the molecule is Cc1c(C(=O)NC2CCN(C(=O)NC3CCCCC3)CC2)cnn1-c1ccccn1. The molecule has 0 atom stereocenters. The first kappa shape index (κ1) is 20.4. The van der Waals surface area contributed by atoms with Crippen molar-refractivity contribution in [3.8, 4) is 5.82 Å². The highest BCUT2D eigenvalue weighted by Crippen LogP contribution is 2.19. The Morgan fingerprint density at radius 3 is 2.43 bits per heavy atom. The molecule has 4 rings (SSSR count). The highest BCUT2D eigenvalue weighted by Gasteiger charge is 2.27. The number of hydrogen-bond acceptors (Lipinski definition) is 4. The van der Waals surface area contributed by atoms with Gasteiger partial charge in [-0.25, -0.2) is 14.5 Å². The van der Waals surface area contributed by atoms with Gasteiger partial charge in [0.2, 0.25) is 0 Å². The second-order valence-corrected chi connectivity index (χ2v) is 8.26. The molecule has 8 heteroatoms. The predicted molar refractivity (Wildman–Crippen MR) is 114 cm³/mol. The summed E-state index contributed by atoms with van der Waals surface area (Å²) in [5, 5.41) is 10.6. The van der Waals surface area contributed by atoms with Gasteiger partial charge >= 0.3 is 6.03 Å². The smallest absolute Gasteiger partial charge is 0.317 e. The topological polar surface area (TPSA) is 92.2 Å². The van der Waals surface area contributed by atoms with Crippen molar-refractivity contribution in [1.82, 2.24) is 30.3 Å². The molecule has 30 heavy (non-hydrogen) atoms. The first-order valence-electron chi connectivity index (χ1n) is 10.9. The van der Waals surface area contributed by atoms with Gasteiger partial charge in [0.25, 0.3) is 5.91 Å². The van der Waals surface area contributed by atoms with E-state index in [2.05, 4.69) is 20.7 Å². The van der Waals surface area contributed by atoms with Crippen LogP contribution in [-0.4, -0.2) is 56.8 Å². The van der Waals surface area contributed by atoms with Crippen molar-refractivity contribution in [2.75, 3.05) is 13.1 Å². The first-order chi connectivity index (χ1) is 14.6. The van der Waals surface area contributed by atoms with Crippen LogP contribution in [0.15, 0.2) is 30.6 Å². The largest absolute Gasteiger partial charge is 0.349 e. The van der Waals surface area contributed by atoms with E-state index in [1.54, 1.807) is 17.1 Å². The summed E-state index contributed by atoms with van der Waals surface area (Å²) < 4.78 is 1.67. The lowest BCUT2D eigenvalue weighted by atomic mass is 9.95. The second-order valence-electron chi connectivity index (χ2n) is 8.26. The number of nitrogens with one attached hydrogen (secondary N) is 2. The Balaban J connectivity index is 1.28. The van der Waals surface area contributed by atoms with Crippen LogP contribution < -0.4 is 10.6 Å². The van der Waals surface area contributed by atoms with E-state index in [0.717, 1.165) is 31.4 Å². The molecule has 0 spiro atoms. The molecule has 1 aliphatic heterocycles. The normalized spacial score (nSPS) is 18.2. The van der Waals surface area contributed by atoms with Crippen LogP contribution in [0.4, 0.5) is 4.79 Å². The van der Waals surface area contributed by atoms with E-state index in [4.69, 9.17) is 0 Å². The molecule has 8 nitrogen and oxygen atoms in total. The summed E-state index contributed by atoms with van der Waals surface area (Å²) >= 11 is 0. The van der Waals surface area contributed by atoms with E-state index in [1.165, 1.54) is 19.3 Å². The maximum atomic E-state index is 12.8. The quantitative estimate of drug-likeness (QED) is 0.811. The maximum absolute atomic E-state index is 12.8. The van der Waals surface area contributed by atoms with Gasteiger partial charge in [-0.05, 0) is 44.7 Å². The summed E-state index contributed by atoms with van der Waals surface area (Å²) in [5.41, 5.74) is 1.31. The summed E-state index contributed by atoms with van der Waals surface area (Å²) in [7, 11) is 0. The number of hydrogen-bond donors (Lipinski definition) is 2. The van der Waals surface area contributed by atoms with Gasteiger partial charge in [-0.1, -0.05) is 25.3 Å². The Hall–Kier alpha value is -2.90. The molecule has 3 heterocycles. The minimum Gasteiger partial charge on any atom is -0.349 e. The van der Waals surface area contributed by atoms with Gasteiger partial charge in [-0.15, -0.1) is 0 Å². The number of rotatable bonds is 4. The second kappa shape index (κ2) is 9.28. The summed E-state index contributed by atoms with van der Waals surface area (Å²) in [6, 6.07) is 6.02. The minimum atomic E-state index is -0.125. The lowest BCUT2D eigenvalue weighted by Crippen LogP contribution is -2.51. The van der Waals surface area contributed by atoms with E-state index < -0.39 is 0 Å². The molecule has 0 unspecified atom stereocenters. The van der Waals surface area contributed by atoms with Crippen molar-refractivity contribution >= 4 is 11.9 Å². The van der Waals surface area contributed by atoms with Crippen molar-refractivity contribution in [3.63, 3.8) is 0 Å². The van der Waals surface area contributed by atoms with Crippen molar-refractivity contribution in [2.24, 2.45) is 0 Å². The van der Waals surface area contributed by atoms with Crippen LogP contribution in [0.2, 0.25) is 0 Å². The van der Waals surface area contributed by atoms with Gasteiger partial charge in [0.15, 0.2) is 5.82 Å². The molecular weight excluding hydrogens is 380 g/mol. The number of urea groups is 1. The zero-order valence-electron chi connectivity index (χ0n) is 17.5. The Kier molecular flexibility index (Phi) is 6.30. The molecule has 1 saturated heterocycles. The first-order valence-corrected chi connectivity index (χ1v) is 10.9. The number of piperidine rings is 1. The average Bonchev–Trinajstić information content (AvgIpc) is 3.17. The van der Waals surface area contributed by atoms with Gasteiger partial charge in [0.05, 0.1) is 17.5 Å². The average molecular weight is 411 g/mol. The molecule has 0 aromatic carbocycles. The van der Waals surface area contributed by atoms with Crippen molar-refractivity contribution in [3.05, 3.63) is 41.9 Å². The zero-order valence-corrected chi connectivity index (χ0v) is 17.5.